The highest BCUT2D eigenvalue weighted by atomic mass is 19.1. The van der Waals surface area contributed by atoms with Crippen LogP contribution in [0.15, 0.2) is 60.8 Å². The van der Waals surface area contributed by atoms with E-state index in [9.17, 15) is 18.0 Å². The van der Waals surface area contributed by atoms with Gasteiger partial charge in [0, 0.05) is 43.1 Å². The maximum atomic E-state index is 14.9. The summed E-state index contributed by atoms with van der Waals surface area (Å²) in [6, 6.07) is 12.1. The van der Waals surface area contributed by atoms with Gasteiger partial charge < -0.3 is 14.4 Å². The van der Waals surface area contributed by atoms with Crippen molar-refractivity contribution >= 4 is 22.4 Å². The molecule has 4 aromatic rings. The second kappa shape index (κ2) is 13.8. The molecule has 0 saturated heterocycles. The van der Waals surface area contributed by atoms with E-state index < -0.39 is 23.2 Å². The van der Waals surface area contributed by atoms with Gasteiger partial charge in [0.05, 0.1) is 18.7 Å². The Hall–Kier alpha value is -4.42. The van der Waals surface area contributed by atoms with Crippen molar-refractivity contribution in [2.75, 3.05) is 26.2 Å². The van der Waals surface area contributed by atoms with Crippen molar-refractivity contribution < 1.29 is 27.4 Å². The van der Waals surface area contributed by atoms with Crippen molar-refractivity contribution in [3.63, 3.8) is 0 Å². The smallest absolute Gasteiger partial charge is 0.229 e. The number of nitrogens with zero attached hydrogens (tertiary/aromatic N) is 3. The Morgan fingerprint density at radius 1 is 0.927 bits per heavy atom. The van der Waals surface area contributed by atoms with Gasteiger partial charge in [0.1, 0.15) is 40.5 Å². The SMILES string of the molecule is [C-]#[N+]c1cc2c(Oc3ccc(CC(=O)Cc4ccc(F)cc4F)c(F)c3)ccnc2cc1OCCCN(CC)CC. The molecule has 0 fully saturated rings. The number of pyridine rings is 1. The summed E-state index contributed by atoms with van der Waals surface area (Å²) in [6.45, 7) is 15.2. The maximum absolute atomic E-state index is 14.9. The molecule has 4 rings (SSSR count). The molecule has 212 valence electrons. The van der Waals surface area contributed by atoms with Crippen molar-refractivity contribution in [3.8, 4) is 17.2 Å². The van der Waals surface area contributed by atoms with Crippen LogP contribution in [0.3, 0.4) is 0 Å². The molecule has 41 heavy (non-hydrogen) atoms. The number of benzene rings is 3. The van der Waals surface area contributed by atoms with E-state index in [4.69, 9.17) is 16.0 Å². The summed E-state index contributed by atoms with van der Waals surface area (Å²) in [7, 11) is 0. The molecule has 0 bridgehead atoms. The Kier molecular flexibility index (Phi) is 9.93. The topological polar surface area (TPSA) is 56.0 Å². The molecule has 0 aliphatic carbocycles. The van der Waals surface area contributed by atoms with E-state index >= 15 is 0 Å². The minimum absolute atomic E-state index is 0.0494. The molecule has 9 heteroatoms. The molecule has 0 amide bonds. The van der Waals surface area contributed by atoms with Crippen LogP contribution in [0.5, 0.6) is 17.2 Å². The number of hydrogen-bond acceptors (Lipinski definition) is 5. The molecule has 6 nitrogen and oxygen atoms in total. The standard InChI is InChI=1S/C32H30F3N3O3/c1-4-38(5-2)13-6-14-40-32-20-29-26(19-30(32)36-3)31(11-12-37-29)41-25-10-8-22(28(35)18-25)16-24(39)15-21-7-9-23(33)17-27(21)34/h7-12,17-20H,4-6,13-16H2,1-2H3. The fourth-order valence-electron chi connectivity index (χ4n) is 4.45. The van der Waals surface area contributed by atoms with Gasteiger partial charge in [-0.15, -0.1) is 0 Å². The molecule has 0 radical (unpaired) electrons. The summed E-state index contributed by atoms with van der Waals surface area (Å²) in [5.41, 5.74) is 1.05. The van der Waals surface area contributed by atoms with E-state index in [-0.39, 0.29) is 29.7 Å². The number of ketones is 1. The second-order valence-electron chi connectivity index (χ2n) is 9.47. The van der Waals surface area contributed by atoms with Crippen LogP contribution in [-0.4, -0.2) is 41.9 Å². The van der Waals surface area contributed by atoms with E-state index in [1.807, 2.05) is 0 Å². The van der Waals surface area contributed by atoms with Gasteiger partial charge in [-0.2, -0.15) is 0 Å². The third kappa shape index (κ3) is 7.62. The fourth-order valence-corrected chi connectivity index (χ4v) is 4.45. The third-order valence-electron chi connectivity index (χ3n) is 6.72. The average molecular weight is 562 g/mol. The molecule has 0 N–H and O–H groups in total. The molecule has 0 aliphatic heterocycles. The van der Waals surface area contributed by atoms with Gasteiger partial charge in [-0.3, -0.25) is 9.78 Å². The highest BCUT2D eigenvalue weighted by Gasteiger charge is 2.15. The normalized spacial score (nSPS) is 11.0. The molecular formula is C32H30F3N3O3. The van der Waals surface area contributed by atoms with Crippen molar-refractivity contribution in [1.82, 2.24) is 9.88 Å². The Labute approximate surface area is 237 Å². The third-order valence-corrected chi connectivity index (χ3v) is 6.72. The van der Waals surface area contributed by atoms with Gasteiger partial charge in [0.25, 0.3) is 0 Å². The molecular weight excluding hydrogens is 531 g/mol. The number of carbonyl (C=O) groups is 1. The van der Waals surface area contributed by atoms with E-state index in [2.05, 4.69) is 28.6 Å². The summed E-state index contributed by atoms with van der Waals surface area (Å²) in [6.07, 6.45) is 1.84. The molecule has 0 spiro atoms. The quantitative estimate of drug-likeness (QED) is 0.125. The molecule has 1 aromatic heterocycles. The van der Waals surface area contributed by atoms with Crippen molar-refractivity contribution in [2.24, 2.45) is 0 Å². The number of fused-ring (bicyclic) bond motifs is 1. The zero-order valence-corrected chi connectivity index (χ0v) is 22.9. The first-order valence-electron chi connectivity index (χ1n) is 13.4. The minimum atomic E-state index is -0.817. The Balaban J connectivity index is 1.45. The summed E-state index contributed by atoms with van der Waals surface area (Å²) >= 11 is 0. The first-order valence-corrected chi connectivity index (χ1v) is 13.4. The van der Waals surface area contributed by atoms with E-state index in [0.29, 0.717) is 40.8 Å². The predicted octanol–water partition coefficient (Wildman–Crippen LogP) is 7.46. The lowest BCUT2D eigenvalue weighted by Gasteiger charge is -2.18. The molecule has 3 aromatic carbocycles. The maximum Gasteiger partial charge on any atom is 0.229 e. The molecule has 0 atom stereocenters. The van der Waals surface area contributed by atoms with Gasteiger partial charge in [0.15, 0.2) is 0 Å². The fraction of sp³-hybridized carbons (Fsp3) is 0.281. The molecule has 1 heterocycles. The van der Waals surface area contributed by atoms with Crippen LogP contribution >= 0.6 is 0 Å². The zero-order valence-electron chi connectivity index (χ0n) is 22.9. The van der Waals surface area contributed by atoms with Gasteiger partial charge in [-0.25, -0.2) is 18.0 Å². The number of rotatable bonds is 13. The summed E-state index contributed by atoms with van der Waals surface area (Å²) in [5.74, 6) is -1.61. The summed E-state index contributed by atoms with van der Waals surface area (Å²) in [5, 5.41) is 0.565. The van der Waals surface area contributed by atoms with Crippen LogP contribution < -0.4 is 9.47 Å². The van der Waals surface area contributed by atoms with Crippen molar-refractivity contribution in [2.45, 2.75) is 33.1 Å². The van der Waals surface area contributed by atoms with Crippen molar-refractivity contribution in [3.05, 3.63) is 101 Å². The Morgan fingerprint density at radius 3 is 2.29 bits per heavy atom. The number of Topliss-reactive ketones (excluding diaryl/α,β-unsaturated/α-hetero) is 1. The van der Waals surface area contributed by atoms with E-state index in [1.54, 1.807) is 24.4 Å². The summed E-state index contributed by atoms with van der Waals surface area (Å²) < 4.78 is 53.7. The van der Waals surface area contributed by atoms with Gasteiger partial charge in [0.2, 0.25) is 5.69 Å². The number of halogens is 3. The van der Waals surface area contributed by atoms with Crippen LogP contribution in [0.1, 0.15) is 31.4 Å². The van der Waals surface area contributed by atoms with Gasteiger partial charge in [-0.1, -0.05) is 26.0 Å². The minimum Gasteiger partial charge on any atom is -0.504 e. The van der Waals surface area contributed by atoms with Crippen LogP contribution in [0.25, 0.3) is 15.7 Å². The molecule has 0 unspecified atom stereocenters. The first-order chi connectivity index (χ1) is 19.8. The largest absolute Gasteiger partial charge is 0.504 e. The van der Waals surface area contributed by atoms with E-state index in [0.717, 1.165) is 38.2 Å². The lowest BCUT2D eigenvalue weighted by molar-refractivity contribution is -0.117. The predicted molar refractivity (Wildman–Crippen MR) is 151 cm³/mol. The Morgan fingerprint density at radius 2 is 1.63 bits per heavy atom. The molecule has 0 aliphatic rings. The second-order valence-corrected chi connectivity index (χ2v) is 9.47. The number of ether oxygens (including phenoxy) is 2. The van der Waals surface area contributed by atoms with E-state index in [1.165, 1.54) is 18.2 Å². The lowest BCUT2D eigenvalue weighted by Crippen LogP contribution is -2.25. The van der Waals surface area contributed by atoms with Gasteiger partial charge >= 0.3 is 0 Å². The van der Waals surface area contributed by atoms with Crippen LogP contribution in [0.4, 0.5) is 18.9 Å². The highest BCUT2D eigenvalue weighted by Crippen LogP contribution is 2.37. The lowest BCUT2D eigenvalue weighted by atomic mass is 10.0. The molecule has 0 saturated carbocycles. The first kappa shape index (κ1) is 29.6. The number of aromatic nitrogens is 1. The van der Waals surface area contributed by atoms with Gasteiger partial charge in [-0.05, 0) is 61.0 Å². The number of hydrogen-bond donors (Lipinski definition) is 0. The zero-order chi connectivity index (χ0) is 29.4. The van der Waals surface area contributed by atoms with Crippen LogP contribution in [-0.2, 0) is 17.6 Å². The number of carbonyl (C=O) groups excluding carboxylic acids is 1. The monoisotopic (exact) mass is 561 g/mol. The average Bonchev–Trinajstić information content (AvgIpc) is 2.96. The van der Waals surface area contributed by atoms with Crippen LogP contribution in [0.2, 0.25) is 0 Å². The van der Waals surface area contributed by atoms with Crippen LogP contribution in [0, 0.1) is 24.0 Å². The summed E-state index contributed by atoms with van der Waals surface area (Å²) in [4.78, 5) is 22.7. The highest BCUT2D eigenvalue weighted by molar-refractivity contribution is 5.91. The van der Waals surface area contributed by atoms with Crippen molar-refractivity contribution in [1.29, 1.82) is 0 Å². The Bertz CT molecular complexity index is 1580.